The van der Waals surface area contributed by atoms with Gasteiger partial charge in [0.1, 0.15) is 0 Å². The van der Waals surface area contributed by atoms with Crippen molar-refractivity contribution in [3.05, 3.63) is 13.9 Å². The van der Waals surface area contributed by atoms with Crippen LogP contribution in [0.5, 0.6) is 0 Å². The molecule has 0 rings (SSSR count). The van der Waals surface area contributed by atoms with Gasteiger partial charge in [0, 0.05) is 0 Å². The van der Waals surface area contributed by atoms with Gasteiger partial charge in [-0.15, -0.1) is 0 Å². The molecule has 28 heavy (non-hydrogen) atoms. The zero-order valence-corrected chi connectivity index (χ0v) is 30.0. The SMILES string of the molecule is C[Si](C)(C)[N-][Si](C)(C)C.C[Si](C)(C)[N-][Si](C)(C)C.C[Si](C)(C)[N-][Si](C)(C)C.[Cr+3]. The van der Waals surface area contributed by atoms with E-state index in [0.29, 0.717) is 0 Å². The first kappa shape index (κ1) is 37.1. The van der Waals surface area contributed by atoms with E-state index in [-0.39, 0.29) is 17.4 Å². The van der Waals surface area contributed by atoms with E-state index in [1.807, 2.05) is 0 Å². The van der Waals surface area contributed by atoms with Crippen molar-refractivity contribution in [2.45, 2.75) is 118 Å². The van der Waals surface area contributed by atoms with Crippen LogP contribution in [0.4, 0.5) is 0 Å². The van der Waals surface area contributed by atoms with Gasteiger partial charge in [0.25, 0.3) is 0 Å². The Kier molecular flexibility index (Phi) is 17.6. The fourth-order valence-corrected chi connectivity index (χ4v) is 27.2. The van der Waals surface area contributed by atoms with Gasteiger partial charge in [0.15, 0.2) is 0 Å². The molecule has 0 saturated heterocycles. The Morgan fingerprint density at radius 1 is 0.250 bits per heavy atom. The van der Waals surface area contributed by atoms with Gasteiger partial charge in [-0.3, -0.25) is 0 Å². The van der Waals surface area contributed by atoms with Crippen LogP contribution in [0.2, 0.25) is 118 Å². The van der Waals surface area contributed by atoms with Gasteiger partial charge in [0.2, 0.25) is 0 Å². The van der Waals surface area contributed by atoms with Gasteiger partial charge >= 0.3 is 17.4 Å². The molecule has 0 saturated carbocycles. The van der Waals surface area contributed by atoms with Crippen molar-refractivity contribution in [3.63, 3.8) is 0 Å². The number of hydrogen-bond donors (Lipinski definition) is 0. The summed E-state index contributed by atoms with van der Waals surface area (Å²) in [6, 6.07) is 0. The van der Waals surface area contributed by atoms with E-state index in [1.54, 1.807) is 0 Å². The minimum Gasteiger partial charge on any atom is -0.668 e. The second-order valence-corrected chi connectivity index (χ2v) is 42.1. The molecule has 171 valence electrons. The van der Waals surface area contributed by atoms with Gasteiger partial charge in [-0.1, -0.05) is 167 Å². The van der Waals surface area contributed by atoms with Gasteiger partial charge in [-0.2, -0.15) is 0 Å². The van der Waals surface area contributed by atoms with Crippen molar-refractivity contribution in [2.24, 2.45) is 0 Å². The zero-order valence-electron chi connectivity index (χ0n) is 22.7. The van der Waals surface area contributed by atoms with Gasteiger partial charge in [-0.05, 0) is 0 Å². The summed E-state index contributed by atoms with van der Waals surface area (Å²) in [4.78, 5) is 0. The fraction of sp³-hybridized carbons (Fsp3) is 1.00. The average Bonchev–Trinajstić information content (AvgIpc) is 1.96. The number of rotatable bonds is 6. The van der Waals surface area contributed by atoms with Crippen molar-refractivity contribution in [3.8, 4) is 0 Å². The van der Waals surface area contributed by atoms with Crippen LogP contribution in [-0.4, -0.2) is 49.4 Å². The fourth-order valence-electron chi connectivity index (χ4n) is 3.02. The maximum Gasteiger partial charge on any atom is 3.00 e. The van der Waals surface area contributed by atoms with Gasteiger partial charge in [0.05, 0.1) is 0 Å². The molecule has 0 aromatic carbocycles. The predicted octanol–water partition coefficient (Wildman–Crippen LogP) is 9.09. The summed E-state index contributed by atoms with van der Waals surface area (Å²) in [5.41, 5.74) is 0. The predicted molar refractivity (Wildman–Crippen MR) is 150 cm³/mol. The monoisotopic (exact) mass is 532 g/mol. The van der Waals surface area contributed by atoms with E-state index in [1.165, 1.54) is 0 Å². The third-order valence-electron chi connectivity index (χ3n) is 2.01. The van der Waals surface area contributed by atoms with Crippen molar-refractivity contribution in [1.82, 2.24) is 0 Å². The van der Waals surface area contributed by atoms with Gasteiger partial charge < -0.3 is 13.9 Å². The van der Waals surface area contributed by atoms with Crippen LogP contribution >= 0.6 is 0 Å². The summed E-state index contributed by atoms with van der Waals surface area (Å²) < 4.78 is 14.5. The molecule has 1 radical (unpaired) electrons. The molecule has 0 spiro atoms. The van der Waals surface area contributed by atoms with Crippen LogP contribution in [-0.2, 0) is 17.4 Å². The van der Waals surface area contributed by atoms with E-state index in [0.717, 1.165) is 0 Å². The molecule has 0 aromatic heterocycles. The second kappa shape index (κ2) is 13.3. The molecule has 0 aliphatic carbocycles. The van der Waals surface area contributed by atoms with Crippen LogP contribution in [0, 0.1) is 0 Å². The Balaban J connectivity index is -0.000000152. The summed E-state index contributed by atoms with van der Waals surface area (Å²) in [5.74, 6) is 0. The van der Waals surface area contributed by atoms with Crippen LogP contribution < -0.4 is 0 Å². The minimum atomic E-state index is -1.11. The van der Waals surface area contributed by atoms with Crippen molar-refractivity contribution in [2.75, 3.05) is 0 Å². The summed E-state index contributed by atoms with van der Waals surface area (Å²) in [5, 5.41) is 0. The molecule has 0 amide bonds. The maximum absolute atomic E-state index is 4.82. The van der Waals surface area contributed by atoms with Gasteiger partial charge in [-0.25, -0.2) is 0 Å². The molecule has 0 fully saturated rings. The summed E-state index contributed by atoms with van der Waals surface area (Å²) >= 11 is 0. The Bertz CT molecular complexity index is 297. The van der Waals surface area contributed by atoms with Crippen LogP contribution in [0.1, 0.15) is 0 Å². The van der Waals surface area contributed by atoms with E-state index in [2.05, 4.69) is 118 Å². The van der Waals surface area contributed by atoms with Crippen LogP contribution in [0.15, 0.2) is 0 Å². The summed E-state index contributed by atoms with van der Waals surface area (Å²) in [6.45, 7) is 41.3. The van der Waals surface area contributed by atoms with E-state index < -0.39 is 49.4 Å². The Morgan fingerprint density at radius 3 is 0.321 bits per heavy atom. The molecule has 0 heterocycles. The zero-order chi connectivity index (χ0) is 23.1. The number of nitrogens with zero attached hydrogens (tertiary/aromatic N) is 3. The average molecular weight is 533 g/mol. The van der Waals surface area contributed by atoms with Crippen LogP contribution in [0.3, 0.4) is 0 Å². The normalized spacial score (nSPS) is 13.5. The molecule has 0 aliphatic heterocycles. The molecule has 3 nitrogen and oxygen atoms in total. The summed E-state index contributed by atoms with van der Waals surface area (Å²) in [6.07, 6.45) is 0. The third kappa shape index (κ3) is 50.9. The van der Waals surface area contributed by atoms with E-state index in [4.69, 9.17) is 13.9 Å². The largest absolute Gasteiger partial charge is 3.00 e. The Labute approximate surface area is 197 Å². The molecule has 0 bridgehead atoms. The molecular weight excluding hydrogens is 479 g/mol. The standard InChI is InChI=1S/3C6H18NSi2.Cr/c3*1-8(2,3)7-9(4,5)6;/h3*1-6H3;/q3*-1;+3. The van der Waals surface area contributed by atoms with E-state index >= 15 is 0 Å². The minimum absolute atomic E-state index is 0. The molecule has 10 heteroatoms. The van der Waals surface area contributed by atoms with Crippen molar-refractivity contribution in [1.29, 1.82) is 0 Å². The number of hydrogen-bond acceptors (Lipinski definition) is 0. The van der Waals surface area contributed by atoms with Crippen molar-refractivity contribution < 1.29 is 17.4 Å². The van der Waals surface area contributed by atoms with Crippen LogP contribution in [0.25, 0.3) is 13.9 Å². The first-order valence-corrected chi connectivity index (χ1v) is 31.0. The van der Waals surface area contributed by atoms with E-state index in [9.17, 15) is 0 Å². The molecule has 0 N–H and O–H groups in total. The molecule has 0 atom stereocenters. The molecule has 0 aromatic rings. The molecule has 0 unspecified atom stereocenters. The maximum atomic E-state index is 4.82. The Morgan fingerprint density at radius 2 is 0.321 bits per heavy atom. The summed E-state index contributed by atoms with van der Waals surface area (Å²) in [7, 11) is -6.64. The molecule has 0 aliphatic rings. The topological polar surface area (TPSA) is 42.3 Å². The Hall–Kier alpha value is 1.71. The first-order chi connectivity index (χ1) is 11.1. The molecular formula is C18H54CrN3Si6. The quantitative estimate of drug-likeness (QED) is 0.306. The smallest absolute Gasteiger partial charge is 0.668 e. The third-order valence-corrected chi connectivity index (χ3v) is 18.1. The van der Waals surface area contributed by atoms with Crippen molar-refractivity contribution >= 4 is 49.4 Å². The second-order valence-electron chi connectivity index (χ2n) is 13.4. The first-order valence-electron chi connectivity index (χ1n) is 10.3.